The van der Waals surface area contributed by atoms with Crippen LogP contribution in [0.3, 0.4) is 0 Å². The van der Waals surface area contributed by atoms with Gasteiger partial charge in [-0.15, -0.1) is 6.58 Å². The summed E-state index contributed by atoms with van der Waals surface area (Å²) >= 11 is 18.1. The maximum atomic E-state index is 9.37. The van der Waals surface area contributed by atoms with Crippen molar-refractivity contribution in [2.75, 3.05) is 18.2 Å². The van der Waals surface area contributed by atoms with Gasteiger partial charge in [0, 0.05) is 11.6 Å². The van der Waals surface area contributed by atoms with E-state index >= 15 is 0 Å². The minimum absolute atomic E-state index is 0.0121. The number of benzene rings is 1. The van der Waals surface area contributed by atoms with E-state index in [9.17, 15) is 10.4 Å². The largest absolute Gasteiger partial charge is 0.419 e. The molecule has 0 fully saturated rings. The zero-order chi connectivity index (χ0) is 16.3. The van der Waals surface area contributed by atoms with Crippen molar-refractivity contribution in [3.8, 4) is 17.5 Å². The lowest BCUT2D eigenvalue weighted by Gasteiger charge is -2.16. The number of aromatic nitrogens is 1. The normalized spacial score (nSPS) is 10.3. The minimum Gasteiger partial charge on any atom is -0.419 e. The van der Waals surface area contributed by atoms with E-state index < -0.39 is 0 Å². The Bertz CT molecular complexity index is 753. The van der Waals surface area contributed by atoms with E-state index in [2.05, 4.69) is 11.6 Å². The van der Waals surface area contributed by atoms with E-state index in [1.54, 1.807) is 6.08 Å². The molecule has 0 spiro atoms. The van der Waals surface area contributed by atoms with Crippen LogP contribution in [0.4, 0.5) is 5.88 Å². The SMILES string of the molecule is C=CCN(CO)c1oc(-c2cc(Cl)cc(Cl)c2Cl)nc1C#N. The van der Waals surface area contributed by atoms with Crippen LogP contribution in [-0.2, 0) is 0 Å². The summed E-state index contributed by atoms with van der Waals surface area (Å²) in [6, 6.07) is 4.93. The lowest BCUT2D eigenvalue weighted by molar-refractivity contribution is 0.287. The molecule has 22 heavy (non-hydrogen) atoms. The van der Waals surface area contributed by atoms with Gasteiger partial charge in [-0.3, -0.25) is 0 Å². The summed E-state index contributed by atoms with van der Waals surface area (Å²) in [7, 11) is 0. The molecule has 2 rings (SSSR count). The highest BCUT2D eigenvalue weighted by atomic mass is 35.5. The Labute approximate surface area is 141 Å². The summed E-state index contributed by atoms with van der Waals surface area (Å²) in [6.45, 7) is 3.50. The molecule has 0 amide bonds. The average molecular weight is 359 g/mol. The number of hydrogen-bond donors (Lipinski definition) is 1. The third-order valence-corrected chi connectivity index (χ3v) is 3.77. The van der Waals surface area contributed by atoms with Gasteiger partial charge < -0.3 is 14.4 Å². The smallest absolute Gasteiger partial charge is 0.237 e. The van der Waals surface area contributed by atoms with Crippen molar-refractivity contribution < 1.29 is 9.52 Å². The van der Waals surface area contributed by atoms with Crippen molar-refractivity contribution >= 4 is 40.7 Å². The molecule has 5 nitrogen and oxygen atoms in total. The molecule has 0 atom stereocenters. The standard InChI is InChI=1S/C14H10Cl3N3O2/c1-2-3-20(7-21)14-11(6-18)19-13(22-14)9-4-8(15)5-10(16)12(9)17/h2,4-5,21H,1,3,7H2. The molecule has 0 bridgehead atoms. The molecule has 0 aliphatic rings. The molecular formula is C14H10Cl3N3O2. The summed E-state index contributed by atoms with van der Waals surface area (Å²) in [6.07, 6.45) is 1.56. The van der Waals surface area contributed by atoms with Crippen LogP contribution < -0.4 is 4.90 Å². The van der Waals surface area contributed by atoms with Crippen molar-refractivity contribution in [3.05, 3.63) is 45.5 Å². The second-order valence-corrected chi connectivity index (χ2v) is 5.41. The van der Waals surface area contributed by atoms with Gasteiger partial charge in [-0.1, -0.05) is 40.9 Å². The third-order valence-electron chi connectivity index (χ3n) is 2.75. The van der Waals surface area contributed by atoms with Crippen LogP contribution in [0.15, 0.2) is 29.2 Å². The summed E-state index contributed by atoms with van der Waals surface area (Å²) in [5.41, 5.74) is 0.372. The molecule has 114 valence electrons. The van der Waals surface area contributed by atoms with Crippen molar-refractivity contribution in [2.45, 2.75) is 0 Å². The van der Waals surface area contributed by atoms with Gasteiger partial charge in [-0.05, 0) is 12.1 Å². The van der Waals surface area contributed by atoms with Crippen LogP contribution >= 0.6 is 34.8 Å². The number of aliphatic hydroxyl groups is 1. The van der Waals surface area contributed by atoms with Crippen molar-refractivity contribution in [2.24, 2.45) is 0 Å². The molecule has 1 aromatic heterocycles. The van der Waals surface area contributed by atoms with Gasteiger partial charge in [0.15, 0.2) is 0 Å². The quantitative estimate of drug-likeness (QED) is 0.494. The lowest BCUT2D eigenvalue weighted by Crippen LogP contribution is -2.24. The fourth-order valence-electron chi connectivity index (χ4n) is 1.79. The lowest BCUT2D eigenvalue weighted by atomic mass is 10.2. The van der Waals surface area contributed by atoms with Gasteiger partial charge in [0.25, 0.3) is 0 Å². The number of nitrogens with zero attached hydrogens (tertiary/aromatic N) is 3. The number of oxazole rings is 1. The first-order valence-electron chi connectivity index (χ1n) is 6.04. The molecule has 0 saturated carbocycles. The van der Waals surface area contributed by atoms with Crippen LogP contribution in [0.25, 0.3) is 11.5 Å². The van der Waals surface area contributed by atoms with Crippen molar-refractivity contribution in [1.29, 1.82) is 5.26 Å². The summed E-state index contributed by atoms with van der Waals surface area (Å²) in [5.74, 6) is 0.204. The average Bonchev–Trinajstić information content (AvgIpc) is 2.92. The van der Waals surface area contributed by atoms with E-state index in [-0.39, 0.29) is 40.8 Å². The van der Waals surface area contributed by atoms with Crippen molar-refractivity contribution in [3.63, 3.8) is 0 Å². The first-order valence-corrected chi connectivity index (χ1v) is 7.17. The van der Waals surface area contributed by atoms with Crippen LogP contribution in [0.1, 0.15) is 5.69 Å². The van der Waals surface area contributed by atoms with E-state index in [1.165, 1.54) is 17.0 Å². The topological polar surface area (TPSA) is 73.3 Å². The monoisotopic (exact) mass is 357 g/mol. The molecule has 0 unspecified atom stereocenters. The molecule has 0 aliphatic heterocycles. The fourth-order valence-corrected chi connectivity index (χ4v) is 2.47. The van der Waals surface area contributed by atoms with E-state index in [4.69, 9.17) is 39.2 Å². The van der Waals surface area contributed by atoms with E-state index in [0.29, 0.717) is 10.6 Å². The highest BCUT2D eigenvalue weighted by Crippen LogP contribution is 2.38. The highest BCUT2D eigenvalue weighted by molar-refractivity contribution is 6.44. The predicted molar refractivity (Wildman–Crippen MR) is 86.3 cm³/mol. The Morgan fingerprint density at radius 2 is 2.14 bits per heavy atom. The second-order valence-electron chi connectivity index (χ2n) is 4.19. The molecule has 1 aromatic carbocycles. The van der Waals surface area contributed by atoms with Gasteiger partial charge in [-0.25, -0.2) is 0 Å². The fraction of sp³-hybridized carbons (Fsp3) is 0.143. The first kappa shape index (κ1) is 16.7. The molecule has 0 saturated heterocycles. The molecule has 0 radical (unpaired) electrons. The zero-order valence-electron chi connectivity index (χ0n) is 11.2. The van der Waals surface area contributed by atoms with Crippen LogP contribution in [0.2, 0.25) is 15.1 Å². The Kier molecular flexibility index (Phi) is 5.33. The highest BCUT2D eigenvalue weighted by Gasteiger charge is 2.21. The molecular weight excluding hydrogens is 349 g/mol. The van der Waals surface area contributed by atoms with Gasteiger partial charge >= 0.3 is 0 Å². The van der Waals surface area contributed by atoms with Crippen LogP contribution in [-0.4, -0.2) is 23.4 Å². The molecule has 2 aromatic rings. The number of hydrogen-bond acceptors (Lipinski definition) is 5. The van der Waals surface area contributed by atoms with Crippen LogP contribution in [0.5, 0.6) is 0 Å². The maximum Gasteiger partial charge on any atom is 0.237 e. The summed E-state index contributed by atoms with van der Waals surface area (Å²) in [4.78, 5) is 5.47. The minimum atomic E-state index is -0.362. The Morgan fingerprint density at radius 3 is 2.73 bits per heavy atom. The first-order chi connectivity index (χ1) is 10.5. The Balaban J connectivity index is 2.57. The second kappa shape index (κ2) is 7.03. The van der Waals surface area contributed by atoms with Gasteiger partial charge in [-0.2, -0.15) is 10.2 Å². The number of halogens is 3. The predicted octanol–water partition coefficient (Wildman–Crippen LogP) is 4.12. The number of aliphatic hydroxyl groups excluding tert-OH is 1. The number of nitriles is 1. The summed E-state index contributed by atoms with van der Waals surface area (Å²) < 4.78 is 5.57. The Hall–Kier alpha value is -1.71. The molecule has 1 N–H and O–H groups in total. The van der Waals surface area contributed by atoms with Gasteiger partial charge in [0.1, 0.15) is 12.8 Å². The Morgan fingerprint density at radius 1 is 1.41 bits per heavy atom. The number of rotatable bonds is 5. The zero-order valence-corrected chi connectivity index (χ0v) is 13.5. The van der Waals surface area contributed by atoms with Crippen LogP contribution in [0, 0.1) is 11.3 Å². The third kappa shape index (κ3) is 3.21. The van der Waals surface area contributed by atoms with Gasteiger partial charge in [0.2, 0.25) is 17.5 Å². The molecule has 8 heteroatoms. The van der Waals surface area contributed by atoms with Crippen molar-refractivity contribution in [1.82, 2.24) is 4.98 Å². The number of anilines is 1. The maximum absolute atomic E-state index is 9.37. The summed E-state index contributed by atoms with van der Waals surface area (Å²) in [5, 5.41) is 19.4. The van der Waals surface area contributed by atoms with E-state index in [1.807, 2.05) is 6.07 Å². The van der Waals surface area contributed by atoms with E-state index in [0.717, 1.165) is 0 Å². The molecule has 0 aliphatic carbocycles. The van der Waals surface area contributed by atoms with Gasteiger partial charge in [0.05, 0.1) is 15.6 Å². The molecule has 1 heterocycles.